The number of piperidine rings is 1. The summed E-state index contributed by atoms with van der Waals surface area (Å²) in [4.78, 5) is 26.7. The predicted octanol–water partition coefficient (Wildman–Crippen LogP) is 2.07. The van der Waals surface area contributed by atoms with Crippen LogP contribution in [0.15, 0.2) is 12.1 Å². The normalized spacial score (nSPS) is 23.8. The third-order valence-corrected chi connectivity index (χ3v) is 5.31. The fraction of sp³-hybridized carbons (Fsp3) is 0.600. The summed E-state index contributed by atoms with van der Waals surface area (Å²) in [5, 5.41) is 3.44. The highest BCUT2D eigenvalue weighted by atomic mass is 16.6. The second-order valence-electron chi connectivity index (χ2n) is 7.01. The number of ether oxygens (including phenoxy) is 4. The summed E-state index contributed by atoms with van der Waals surface area (Å²) in [5.41, 5.74) is 1.30. The van der Waals surface area contributed by atoms with Crippen molar-refractivity contribution in [2.75, 3.05) is 39.3 Å². The highest BCUT2D eigenvalue weighted by Crippen LogP contribution is 2.38. The van der Waals surface area contributed by atoms with Crippen LogP contribution in [0.4, 0.5) is 5.69 Å². The second kappa shape index (κ2) is 8.68. The largest absolute Gasteiger partial charge is 0.493 e. The van der Waals surface area contributed by atoms with Crippen molar-refractivity contribution in [2.24, 2.45) is 0 Å². The van der Waals surface area contributed by atoms with Crippen LogP contribution in [0.2, 0.25) is 0 Å². The van der Waals surface area contributed by atoms with Crippen molar-refractivity contribution in [3.8, 4) is 11.5 Å². The average molecular weight is 392 g/mol. The maximum absolute atomic E-state index is 13.2. The molecule has 8 nitrogen and oxygen atoms in total. The summed E-state index contributed by atoms with van der Waals surface area (Å²) >= 11 is 0. The molecule has 0 radical (unpaired) electrons. The van der Waals surface area contributed by atoms with E-state index in [1.165, 1.54) is 0 Å². The smallest absolute Gasteiger partial charge is 0.332 e. The lowest BCUT2D eigenvalue weighted by Crippen LogP contribution is -2.53. The Balaban J connectivity index is 1.78. The number of amides is 1. The van der Waals surface area contributed by atoms with Gasteiger partial charge in [0.25, 0.3) is 5.91 Å². The highest BCUT2D eigenvalue weighted by Gasteiger charge is 2.39. The van der Waals surface area contributed by atoms with E-state index in [9.17, 15) is 9.59 Å². The lowest BCUT2D eigenvalue weighted by molar-refractivity contribution is -0.151. The lowest BCUT2D eigenvalue weighted by Gasteiger charge is -2.40. The number of nitrogens with one attached hydrogen (secondary N) is 1. The molecular weight excluding hydrogens is 364 g/mol. The van der Waals surface area contributed by atoms with Crippen LogP contribution < -0.4 is 14.8 Å². The zero-order chi connectivity index (χ0) is 20.3. The van der Waals surface area contributed by atoms with Crippen molar-refractivity contribution in [1.29, 1.82) is 0 Å². The van der Waals surface area contributed by atoms with Crippen molar-refractivity contribution in [2.45, 2.75) is 44.9 Å². The Labute approximate surface area is 165 Å². The third kappa shape index (κ3) is 4.01. The number of carbonyl (C=O) groups is 2. The zero-order valence-electron chi connectivity index (χ0n) is 16.8. The summed E-state index contributed by atoms with van der Waals surface area (Å²) in [7, 11) is 3.12. The SMILES string of the molecule is CCOC(=O)CO[C@@H]1CCN2C(=O)c3cc(OC)c(OC)cc3NC(C)[C@@H]2C1. The number of hydrogen-bond donors (Lipinski definition) is 1. The van der Waals surface area contributed by atoms with Crippen LogP contribution in [0.3, 0.4) is 0 Å². The third-order valence-electron chi connectivity index (χ3n) is 5.31. The first-order valence-corrected chi connectivity index (χ1v) is 9.59. The molecular formula is C20H28N2O6. The maximum atomic E-state index is 13.2. The fourth-order valence-electron chi connectivity index (χ4n) is 3.90. The molecule has 0 bridgehead atoms. The van der Waals surface area contributed by atoms with Gasteiger partial charge in [-0.05, 0) is 32.8 Å². The Morgan fingerprint density at radius 2 is 1.96 bits per heavy atom. The average Bonchev–Trinajstić information content (AvgIpc) is 2.80. The number of benzene rings is 1. The van der Waals surface area contributed by atoms with Crippen molar-refractivity contribution in [1.82, 2.24) is 4.90 Å². The molecule has 0 aliphatic carbocycles. The molecule has 1 fully saturated rings. The summed E-state index contributed by atoms with van der Waals surface area (Å²) in [6.07, 6.45) is 1.24. The van der Waals surface area contributed by atoms with Crippen LogP contribution in [0.5, 0.6) is 11.5 Å². The number of anilines is 1. The van der Waals surface area contributed by atoms with Crippen molar-refractivity contribution in [3.63, 3.8) is 0 Å². The Kier molecular flexibility index (Phi) is 6.28. The molecule has 154 valence electrons. The molecule has 2 aliphatic heterocycles. The molecule has 1 saturated heterocycles. The van der Waals surface area contributed by atoms with Crippen molar-refractivity contribution in [3.05, 3.63) is 17.7 Å². The quantitative estimate of drug-likeness (QED) is 0.742. The van der Waals surface area contributed by atoms with Gasteiger partial charge in [0, 0.05) is 18.7 Å². The Morgan fingerprint density at radius 1 is 1.25 bits per heavy atom. The molecule has 1 amide bonds. The van der Waals surface area contributed by atoms with Crippen LogP contribution in [-0.2, 0) is 14.3 Å². The van der Waals surface area contributed by atoms with Crippen molar-refractivity contribution < 1.29 is 28.5 Å². The minimum absolute atomic E-state index is 0.0114. The number of fused-ring (bicyclic) bond motifs is 2. The molecule has 3 rings (SSSR count). The minimum atomic E-state index is -0.361. The van der Waals surface area contributed by atoms with E-state index in [4.69, 9.17) is 18.9 Å². The molecule has 0 saturated carbocycles. The van der Waals surface area contributed by atoms with Gasteiger partial charge in [0.05, 0.1) is 44.2 Å². The number of esters is 1. The molecule has 2 heterocycles. The topological polar surface area (TPSA) is 86.3 Å². The number of hydrogen-bond acceptors (Lipinski definition) is 7. The molecule has 1 N–H and O–H groups in total. The van der Waals surface area contributed by atoms with Gasteiger partial charge in [-0.15, -0.1) is 0 Å². The van der Waals surface area contributed by atoms with E-state index in [0.717, 1.165) is 5.69 Å². The van der Waals surface area contributed by atoms with E-state index in [-0.39, 0.29) is 36.7 Å². The molecule has 1 aromatic rings. The first kappa shape index (κ1) is 20.3. The van der Waals surface area contributed by atoms with E-state index in [1.54, 1.807) is 33.3 Å². The molecule has 3 atom stereocenters. The van der Waals surface area contributed by atoms with Gasteiger partial charge in [-0.2, -0.15) is 0 Å². The molecule has 0 aromatic heterocycles. The predicted molar refractivity (Wildman–Crippen MR) is 103 cm³/mol. The van der Waals surface area contributed by atoms with Gasteiger partial charge in [-0.3, -0.25) is 4.79 Å². The molecule has 1 aromatic carbocycles. The van der Waals surface area contributed by atoms with E-state index in [1.807, 2.05) is 11.8 Å². The van der Waals surface area contributed by atoms with Gasteiger partial charge < -0.3 is 29.2 Å². The summed E-state index contributed by atoms with van der Waals surface area (Å²) < 4.78 is 21.4. The molecule has 28 heavy (non-hydrogen) atoms. The molecule has 2 aliphatic rings. The van der Waals surface area contributed by atoms with Crippen LogP contribution in [0, 0.1) is 0 Å². The summed E-state index contributed by atoms with van der Waals surface area (Å²) in [6.45, 7) is 4.66. The van der Waals surface area contributed by atoms with Gasteiger partial charge in [-0.1, -0.05) is 0 Å². The van der Waals surface area contributed by atoms with Gasteiger partial charge in [-0.25, -0.2) is 4.79 Å². The molecule has 8 heteroatoms. The minimum Gasteiger partial charge on any atom is -0.493 e. The number of rotatable bonds is 6. The Morgan fingerprint density at radius 3 is 2.64 bits per heavy atom. The Bertz CT molecular complexity index is 738. The number of methoxy groups -OCH3 is 2. The highest BCUT2D eigenvalue weighted by molar-refractivity contribution is 6.01. The fourth-order valence-corrected chi connectivity index (χ4v) is 3.90. The maximum Gasteiger partial charge on any atom is 0.332 e. The van der Waals surface area contributed by atoms with E-state index in [2.05, 4.69) is 5.32 Å². The second-order valence-corrected chi connectivity index (χ2v) is 7.01. The first-order valence-electron chi connectivity index (χ1n) is 9.59. The van der Waals surface area contributed by atoms with Crippen LogP contribution in [0.25, 0.3) is 0 Å². The van der Waals surface area contributed by atoms with Gasteiger partial charge in [0.2, 0.25) is 0 Å². The lowest BCUT2D eigenvalue weighted by atomic mass is 9.94. The van der Waals surface area contributed by atoms with Crippen molar-refractivity contribution >= 4 is 17.6 Å². The van der Waals surface area contributed by atoms with Gasteiger partial charge >= 0.3 is 5.97 Å². The van der Waals surface area contributed by atoms with Gasteiger partial charge in [0.1, 0.15) is 6.61 Å². The summed E-state index contributed by atoms with van der Waals surface area (Å²) in [5.74, 6) is 0.695. The number of carbonyl (C=O) groups excluding carboxylic acids is 2. The Hall–Kier alpha value is -2.48. The molecule has 0 spiro atoms. The molecule has 1 unspecified atom stereocenters. The monoisotopic (exact) mass is 392 g/mol. The number of nitrogens with zero attached hydrogens (tertiary/aromatic N) is 1. The summed E-state index contributed by atoms with van der Waals surface area (Å²) in [6, 6.07) is 3.49. The van der Waals surface area contributed by atoms with Crippen LogP contribution in [-0.4, -0.2) is 68.9 Å². The van der Waals surface area contributed by atoms with E-state index >= 15 is 0 Å². The van der Waals surface area contributed by atoms with Crippen LogP contribution in [0.1, 0.15) is 37.0 Å². The first-order chi connectivity index (χ1) is 13.5. The van der Waals surface area contributed by atoms with E-state index < -0.39 is 0 Å². The van der Waals surface area contributed by atoms with Crippen LogP contribution >= 0.6 is 0 Å². The standard InChI is InChI=1S/C20H28N2O6/c1-5-27-19(23)11-28-13-6-7-22-16(8-13)12(2)21-15-10-18(26-4)17(25-3)9-14(15)20(22)24/h9-10,12-13,16,21H,5-8,11H2,1-4H3/t12?,13-,16+/m1/s1. The van der Waals surface area contributed by atoms with Gasteiger partial charge in [0.15, 0.2) is 11.5 Å². The van der Waals surface area contributed by atoms with E-state index in [0.29, 0.717) is 43.1 Å². The zero-order valence-corrected chi connectivity index (χ0v) is 16.8.